The monoisotopic (exact) mass is 288 g/mol. The number of ether oxygens (including phenoxy) is 1. The number of pyridine rings is 1. The van der Waals surface area contributed by atoms with E-state index in [0.717, 1.165) is 45.4 Å². The van der Waals surface area contributed by atoms with Crippen LogP contribution in [0.15, 0.2) is 24.5 Å². The van der Waals surface area contributed by atoms with E-state index in [-0.39, 0.29) is 5.91 Å². The van der Waals surface area contributed by atoms with E-state index < -0.39 is 0 Å². The second-order valence-electron chi connectivity index (χ2n) is 6.54. The third kappa shape index (κ3) is 3.43. The van der Waals surface area contributed by atoms with Crippen molar-refractivity contribution < 1.29 is 9.53 Å². The highest BCUT2D eigenvalue weighted by atomic mass is 16.5. The molecule has 0 bridgehead atoms. The molecular weight excluding hydrogens is 264 g/mol. The van der Waals surface area contributed by atoms with Crippen molar-refractivity contribution in [2.75, 3.05) is 19.7 Å². The lowest BCUT2D eigenvalue weighted by atomic mass is 9.73. The molecule has 1 spiro atoms. The van der Waals surface area contributed by atoms with Crippen molar-refractivity contribution in [1.29, 1.82) is 0 Å². The van der Waals surface area contributed by atoms with Crippen LogP contribution >= 0.6 is 0 Å². The first kappa shape index (κ1) is 14.5. The lowest BCUT2D eigenvalue weighted by Gasteiger charge is -2.45. The zero-order chi connectivity index (χ0) is 14.7. The molecule has 0 aliphatic carbocycles. The van der Waals surface area contributed by atoms with Gasteiger partial charge in [-0.3, -0.25) is 9.78 Å². The predicted octanol–water partition coefficient (Wildman–Crippen LogP) is 2.43. The Morgan fingerprint density at radius 2 is 2.24 bits per heavy atom. The van der Waals surface area contributed by atoms with E-state index in [1.807, 2.05) is 23.4 Å². The summed E-state index contributed by atoms with van der Waals surface area (Å²) < 4.78 is 6.14. The number of piperidine rings is 1. The van der Waals surface area contributed by atoms with E-state index in [2.05, 4.69) is 11.1 Å². The third-order valence-electron chi connectivity index (χ3n) is 5.08. The summed E-state index contributed by atoms with van der Waals surface area (Å²) in [6.07, 6.45) is 9.55. The van der Waals surface area contributed by atoms with Gasteiger partial charge in [-0.15, -0.1) is 0 Å². The van der Waals surface area contributed by atoms with Gasteiger partial charge in [0.05, 0.1) is 12.7 Å². The van der Waals surface area contributed by atoms with E-state index in [9.17, 15) is 4.79 Å². The van der Waals surface area contributed by atoms with Crippen molar-refractivity contribution in [2.24, 2.45) is 5.41 Å². The molecule has 3 heterocycles. The van der Waals surface area contributed by atoms with Crippen LogP contribution in [0.3, 0.4) is 0 Å². The molecule has 2 fully saturated rings. The van der Waals surface area contributed by atoms with E-state index in [1.165, 1.54) is 12.0 Å². The maximum atomic E-state index is 11.4. The SMILES string of the molecule is CC(=O)N1CCC2(CCC(Cc3cccnc3)OC2)CC1. The zero-order valence-corrected chi connectivity index (χ0v) is 12.8. The quantitative estimate of drug-likeness (QED) is 0.839. The number of hydrogen-bond donors (Lipinski definition) is 0. The van der Waals surface area contributed by atoms with Crippen molar-refractivity contribution in [2.45, 2.75) is 45.1 Å². The fraction of sp³-hybridized carbons (Fsp3) is 0.647. The molecular formula is C17H24N2O2. The van der Waals surface area contributed by atoms with Gasteiger partial charge in [-0.25, -0.2) is 0 Å². The van der Waals surface area contributed by atoms with Gasteiger partial charge >= 0.3 is 0 Å². The maximum Gasteiger partial charge on any atom is 0.219 e. The lowest BCUT2D eigenvalue weighted by Crippen LogP contribution is -2.47. The molecule has 2 saturated heterocycles. The molecule has 3 rings (SSSR count). The van der Waals surface area contributed by atoms with Crippen LogP contribution in [0.4, 0.5) is 0 Å². The summed E-state index contributed by atoms with van der Waals surface area (Å²) in [5.41, 5.74) is 1.57. The summed E-state index contributed by atoms with van der Waals surface area (Å²) in [7, 11) is 0. The Labute approximate surface area is 126 Å². The van der Waals surface area contributed by atoms with Gasteiger partial charge in [0.2, 0.25) is 5.91 Å². The van der Waals surface area contributed by atoms with Gasteiger partial charge in [0.1, 0.15) is 0 Å². The molecule has 0 aromatic carbocycles. The molecule has 1 unspecified atom stereocenters. The van der Waals surface area contributed by atoms with Crippen LogP contribution in [-0.2, 0) is 16.0 Å². The molecule has 4 nitrogen and oxygen atoms in total. The highest BCUT2D eigenvalue weighted by Gasteiger charge is 2.39. The molecule has 1 aromatic heterocycles. The number of hydrogen-bond acceptors (Lipinski definition) is 3. The topological polar surface area (TPSA) is 42.4 Å². The van der Waals surface area contributed by atoms with E-state index in [0.29, 0.717) is 11.5 Å². The Bertz CT molecular complexity index is 471. The van der Waals surface area contributed by atoms with Crippen molar-refractivity contribution in [1.82, 2.24) is 9.88 Å². The number of nitrogens with zero attached hydrogens (tertiary/aromatic N) is 2. The number of aromatic nitrogens is 1. The first-order valence-corrected chi connectivity index (χ1v) is 7.93. The van der Waals surface area contributed by atoms with E-state index in [1.54, 1.807) is 6.92 Å². The molecule has 1 atom stereocenters. The van der Waals surface area contributed by atoms with Crippen LogP contribution in [0.2, 0.25) is 0 Å². The van der Waals surface area contributed by atoms with Crippen LogP contribution < -0.4 is 0 Å². The van der Waals surface area contributed by atoms with E-state index >= 15 is 0 Å². The van der Waals surface area contributed by atoms with Crippen molar-refractivity contribution in [3.05, 3.63) is 30.1 Å². The second kappa shape index (κ2) is 6.14. The smallest absolute Gasteiger partial charge is 0.219 e. The van der Waals surface area contributed by atoms with Gasteiger partial charge in [0, 0.05) is 38.8 Å². The second-order valence-corrected chi connectivity index (χ2v) is 6.54. The number of amides is 1. The Balaban J connectivity index is 1.50. The molecule has 0 saturated carbocycles. The Kier molecular flexibility index (Phi) is 4.24. The predicted molar refractivity (Wildman–Crippen MR) is 80.8 cm³/mol. The molecule has 2 aliphatic rings. The molecule has 21 heavy (non-hydrogen) atoms. The van der Waals surface area contributed by atoms with Crippen LogP contribution in [0, 0.1) is 5.41 Å². The summed E-state index contributed by atoms with van der Waals surface area (Å²) in [5, 5.41) is 0. The van der Waals surface area contributed by atoms with Crippen LogP contribution in [0.1, 0.15) is 38.2 Å². The normalized spacial score (nSPS) is 25.0. The summed E-state index contributed by atoms with van der Waals surface area (Å²) >= 11 is 0. The zero-order valence-electron chi connectivity index (χ0n) is 12.8. The largest absolute Gasteiger partial charge is 0.377 e. The number of carbonyl (C=O) groups excluding carboxylic acids is 1. The van der Waals surface area contributed by atoms with Crippen molar-refractivity contribution in [3.8, 4) is 0 Å². The molecule has 0 radical (unpaired) electrons. The lowest BCUT2D eigenvalue weighted by molar-refractivity contribution is -0.135. The Morgan fingerprint density at radius 3 is 2.81 bits per heavy atom. The first-order valence-electron chi connectivity index (χ1n) is 7.93. The van der Waals surface area contributed by atoms with Crippen LogP contribution in [0.5, 0.6) is 0 Å². The number of carbonyl (C=O) groups is 1. The maximum absolute atomic E-state index is 11.4. The van der Waals surface area contributed by atoms with Crippen molar-refractivity contribution >= 4 is 5.91 Å². The fourth-order valence-electron chi connectivity index (χ4n) is 3.55. The van der Waals surface area contributed by atoms with Gasteiger partial charge in [-0.05, 0) is 42.7 Å². The molecule has 1 amide bonds. The van der Waals surface area contributed by atoms with E-state index in [4.69, 9.17) is 4.74 Å². The minimum Gasteiger partial charge on any atom is -0.377 e. The molecule has 114 valence electrons. The van der Waals surface area contributed by atoms with Gasteiger partial charge in [-0.2, -0.15) is 0 Å². The standard InChI is InChI=1S/C17H24N2O2/c1-14(20)19-9-6-17(7-10-19)5-4-16(21-13-17)11-15-3-2-8-18-12-15/h2-3,8,12,16H,4-7,9-11,13H2,1H3. The minimum atomic E-state index is 0.205. The summed E-state index contributed by atoms with van der Waals surface area (Å²) in [5.74, 6) is 0.205. The summed E-state index contributed by atoms with van der Waals surface area (Å²) in [6, 6.07) is 4.10. The number of likely N-dealkylation sites (tertiary alicyclic amines) is 1. The Hall–Kier alpha value is -1.42. The molecule has 4 heteroatoms. The van der Waals surface area contributed by atoms with Crippen LogP contribution in [-0.4, -0.2) is 41.6 Å². The van der Waals surface area contributed by atoms with Crippen molar-refractivity contribution in [3.63, 3.8) is 0 Å². The third-order valence-corrected chi connectivity index (χ3v) is 5.08. The Morgan fingerprint density at radius 1 is 1.43 bits per heavy atom. The molecule has 2 aliphatic heterocycles. The average molecular weight is 288 g/mol. The summed E-state index contributed by atoms with van der Waals surface area (Å²) in [4.78, 5) is 17.5. The molecule has 0 N–H and O–H groups in total. The fourth-order valence-corrected chi connectivity index (χ4v) is 3.55. The highest BCUT2D eigenvalue weighted by molar-refractivity contribution is 5.73. The average Bonchev–Trinajstić information content (AvgIpc) is 2.51. The highest BCUT2D eigenvalue weighted by Crippen LogP contribution is 2.40. The number of rotatable bonds is 2. The van der Waals surface area contributed by atoms with Gasteiger partial charge in [0.15, 0.2) is 0 Å². The van der Waals surface area contributed by atoms with Gasteiger partial charge in [-0.1, -0.05) is 6.07 Å². The first-order chi connectivity index (χ1) is 10.2. The summed E-state index contributed by atoms with van der Waals surface area (Å²) in [6.45, 7) is 4.31. The molecule has 1 aromatic rings. The van der Waals surface area contributed by atoms with Crippen LogP contribution in [0.25, 0.3) is 0 Å². The van der Waals surface area contributed by atoms with Gasteiger partial charge in [0.25, 0.3) is 0 Å². The van der Waals surface area contributed by atoms with Gasteiger partial charge < -0.3 is 9.64 Å². The minimum absolute atomic E-state index is 0.205.